The van der Waals surface area contributed by atoms with Crippen molar-refractivity contribution in [2.45, 2.75) is 41.8 Å². The van der Waals surface area contributed by atoms with E-state index in [2.05, 4.69) is 16.9 Å². The Kier molecular flexibility index (Phi) is 6.98. The molecular weight excluding hydrogens is 488 g/mol. The second kappa shape index (κ2) is 9.67. The van der Waals surface area contributed by atoms with Crippen molar-refractivity contribution in [3.63, 3.8) is 0 Å². The molecule has 12 heteroatoms. The number of carbonyl (C=O) groups is 3. The van der Waals surface area contributed by atoms with Crippen LogP contribution in [0.25, 0.3) is 0 Å². The van der Waals surface area contributed by atoms with Crippen molar-refractivity contribution >= 4 is 52.8 Å². The number of nitrogens with two attached hydrogens (primary N) is 2. The average molecular weight is 518 g/mol. The number of nitrogens with one attached hydrogen (secondary N) is 1. The van der Waals surface area contributed by atoms with Gasteiger partial charge in [-0.25, -0.2) is 0 Å². The summed E-state index contributed by atoms with van der Waals surface area (Å²) in [6, 6.07) is 8.76. The number of aliphatic imine (C=N–C) groups is 1. The number of carbonyl (C=O) groups excluding carboxylic acids is 3. The first kappa shape index (κ1) is 25.3. The molecule has 6 N–H and O–H groups in total. The smallest absolute Gasteiger partial charge is 0.280 e. The second-order valence-corrected chi connectivity index (χ2v) is 11.2. The van der Waals surface area contributed by atoms with Gasteiger partial charge < -0.3 is 26.0 Å². The van der Waals surface area contributed by atoms with Gasteiger partial charge in [-0.2, -0.15) is 0 Å². The number of amidine groups is 1. The molecule has 1 aliphatic carbocycles. The number of fused-ring (bicyclic) bond motifs is 1. The van der Waals surface area contributed by atoms with Crippen molar-refractivity contribution in [2.75, 3.05) is 18.2 Å². The molecule has 186 valence electrons. The van der Waals surface area contributed by atoms with E-state index < -0.39 is 34.4 Å². The van der Waals surface area contributed by atoms with E-state index in [9.17, 15) is 19.5 Å². The van der Waals surface area contributed by atoms with Crippen LogP contribution in [0.1, 0.15) is 24.8 Å². The predicted molar refractivity (Wildman–Crippen MR) is 136 cm³/mol. The Labute approximate surface area is 211 Å². The molecule has 3 aliphatic rings. The summed E-state index contributed by atoms with van der Waals surface area (Å²) in [5.74, 6) is -1.17. The standard InChI is InChI=1S/C23H28N6O4S2/c1-3-9-29-19(32)17-22(29,2)35-13-28(17)20(33)18(31)23(10-15(23)14-7-5-4-6-8-14)27-16(30)11-34-21(25)26-12-24/h3-8,12,15,17-18,31H,1,9-11,13H2,2H3,(H,27,30)(H3,24,25,26)/p+1. The number of likely N-dealkylation sites (tertiary alicyclic amines) is 1. The molecule has 0 spiro atoms. The largest absolute Gasteiger partial charge is 0.381 e. The van der Waals surface area contributed by atoms with Crippen molar-refractivity contribution < 1.29 is 24.9 Å². The van der Waals surface area contributed by atoms with Gasteiger partial charge in [-0.1, -0.05) is 48.2 Å². The summed E-state index contributed by atoms with van der Waals surface area (Å²) >= 11 is 2.48. The Morgan fingerprint density at radius 1 is 1.46 bits per heavy atom. The van der Waals surface area contributed by atoms with Crippen LogP contribution in [0.4, 0.5) is 0 Å². The quantitative estimate of drug-likeness (QED) is 0.140. The zero-order valence-corrected chi connectivity index (χ0v) is 20.9. The SMILES string of the molecule is C=CCN1C(=O)C2N(C(=O)C(O)C3(NC(=O)CSC(N)=NC=[NH2+])CC3c3ccccc3)CSC21C. The maximum Gasteiger partial charge on any atom is 0.280 e. The van der Waals surface area contributed by atoms with Crippen LogP contribution < -0.4 is 16.5 Å². The Morgan fingerprint density at radius 3 is 2.83 bits per heavy atom. The van der Waals surface area contributed by atoms with E-state index in [1.807, 2.05) is 37.3 Å². The molecule has 5 atom stereocenters. The highest BCUT2D eigenvalue weighted by molar-refractivity contribution is 8.14. The predicted octanol–water partition coefficient (Wildman–Crippen LogP) is -1.13. The van der Waals surface area contributed by atoms with Crippen LogP contribution in [0.2, 0.25) is 0 Å². The summed E-state index contributed by atoms with van der Waals surface area (Å²) < 4.78 is 0. The molecule has 4 rings (SSSR count). The topological polar surface area (TPSA) is 154 Å². The van der Waals surface area contributed by atoms with Crippen LogP contribution in [0.3, 0.4) is 0 Å². The summed E-state index contributed by atoms with van der Waals surface area (Å²) in [7, 11) is 0. The van der Waals surface area contributed by atoms with Gasteiger partial charge in [0, 0.05) is 12.5 Å². The van der Waals surface area contributed by atoms with Crippen molar-refractivity contribution in [3.05, 3.63) is 48.6 Å². The van der Waals surface area contributed by atoms with E-state index in [1.165, 1.54) is 16.7 Å². The lowest BCUT2D eigenvalue weighted by molar-refractivity contribution is -0.166. The van der Waals surface area contributed by atoms with Crippen LogP contribution in [0.15, 0.2) is 48.0 Å². The maximum absolute atomic E-state index is 13.5. The number of benzene rings is 1. The van der Waals surface area contributed by atoms with Crippen molar-refractivity contribution in [3.8, 4) is 0 Å². The lowest BCUT2D eigenvalue weighted by Crippen LogP contribution is -2.74. The van der Waals surface area contributed by atoms with Gasteiger partial charge in [0.2, 0.25) is 11.8 Å². The number of rotatable bonds is 9. The van der Waals surface area contributed by atoms with E-state index in [0.29, 0.717) is 13.0 Å². The third-order valence-electron chi connectivity index (χ3n) is 6.80. The lowest BCUT2D eigenvalue weighted by Gasteiger charge is -2.52. The van der Waals surface area contributed by atoms with E-state index in [-0.39, 0.29) is 28.6 Å². The molecule has 2 heterocycles. The Balaban J connectivity index is 1.53. The zero-order chi connectivity index (χ0) is 25.4. The minimum absolute atomic E-state index is 0.0530. The first-order valence-electron chi connectivity index (χ1n) is 11.1. The number of thioether (sulfide) groups is 2. The Hall–Kier alpha value is -2.83. The number of hydrogen-bond donors (Lipinski definition) is 4. The highest BCUT2D eigenvalue weighted by atomic mass is 32.2. The maximum atomic E-state index is 13.5. The molecule has 2 saturated heterocycles. The van der Waals surface area contributed by atoms with Gasteiger partial charge >= 0.3 is 0 Å². The highest BCUT2D eigenvalue weighted by Crippen LogP contribution is 2.55. The summed E-state index contributed by atoms with van der Waals surface area (Å²) in [6.07, 6.45) is 1.56. The number of β-lactam (4-membered cyclic amide) rings is 1. The number of amides is 3. The number of nitrogens with zero attached hydrogens (tertiary/aromatic N) is 3. The monoisotopic (exact) mass is 517 g/mol. The van der Waals surface area contributed by atoms with Gasteiger partial charge in [0.25, 0.3) is 17.4 Å². The van der Waals surface area contributed by atoms with E-state index >= 15 is 0 Å². The number of hydrogen-bond acceptors (Lipinski definition) is 6. The van der Waals surface area contributed by atoms with Gasteiger partial charge in [-0.15, -0.1) is 18.3 Å². The molecule has 3 amide bonds. The minimum Gasteiger partial charge on any atom is -0.381 e. The normalized spacial score (nSPS) is 30.2. The van der Waals surface area contributed by atoms with E-state index in [1.54, 1.807) is 11.0 Å². The summed E-state index contributed by atoms with van der Waals surface area (Å²) in [4.78, 5) is 45.4. The summed E-state index contributed by atoms with van der Waals surface area (Å²) in [6.45, 7) is 6.00. The van der Waals surface area contributed by atoms with Crippen molar-refractivity contribution in [1.29, 1.82) is 0 Å². The molecule has 5 unspecified atom stereocenters. The van der Waals surface area contributed by atoms with Crippen LogP contribution in [-0.4, -0.2) is 84.9 Å². The fourth-order valence-electron chi connectivity index (χ4n) is 4.93. The van der Waals surface area contributed by atoms with Crippen LogP contribution >= 0.6 is 23.5 Å². The van der Waals surface area contributed by atoms with Gasteiger partial charge in [-0.3, -0.25) is 19.8 Å². The Bertz CT molecular complexity index is 1090. The molecule has 1 saturated carbocycles. The van der Waals surface area contributed by atoms with Crippen LogP contribution in [0, 0.1) is 0 Å². The third kappa shape index (κ3) is 4.34. The second-order valence-electron chi connectivity index (χ2n) is 8.84. The highest BCUT2D eigenvalue weighted by Gasteiger charge is 2.68. The van der Waals surface area contributed by atoms with Gasteiger partial charge in [0.15, 0.2) is 6.10 Å². The molecule has 1 aromatic rings. The number of aliphatic hydroxyl groups excluding tert-OH is 1. The van der Waals surface area contributed by atoms with Crippen LogP contribution in [-0.2, 0) is 14.4 Å². The third-order valence-corrected chi connectivity index (χ3v) is 9.04. The molecule has 10 nitrogen and oxygen atoms in total. The molecule has 0 radical (unpaired) electrons. The zero-order valence-electron chi connectivity index (χ0n) is 19.3. The molecule has 35 heavy (non-hydrogen) atoms. The summed E-state index contributed by atoms with van der Waals surface area (Å²) in [5, 5.41) is 19.6. The molecule has 0 bridgehead atoms. The lowest BCUT2D eigenvalue weighted by atomic mass is 9.92. The van der Waals surface area contributed by atoms with Gasteiger partial charge in [-0.05, 0) is 23.9 Å². The molecule has 2 aliphatic heterocycles. The first-order chi connectivity index (χ1) is 16.7. The fourth-order valence-corrected chi connectivity index (χ4v) is 6.80. The average Bonchev–Trinajstić information content (AvgIpc) is 3.49. The first-order valence-corrected chi connectivity index (χ1v) is 13.1. The van der Waals surface area contributed by atoms with E-state index in [0.717, 1.165) is 23.7 Å². The molecule has 3 fully saturated rings. The minimum atomic E-state index is -1.52. The molecule has 0 aromatic heterocycles. The van der Waals surface area contributed by atoms with Gasteiger partial charge in [0.1, 0.15) is 10.9 Å². The summed E-state index contributed by atoms with van der Waals surface area (Å²) in [5.41, 5.74) is 5.41. The fraction of sp³-hybridized carbons (Fsp3) is 0.435. The van der Waals surface area contributed by atoms with Crippen LogP contribution in [0.5, 0.6) is 0 Å². The molecule has 1 aromatic carbocycles. The van der Waals surface area contributed by atoms with E-state index in [4.69, 9.17) is 11.1 Å². The Morgan fingerprint density at radius 2 is 2.17 bits per heavy atom. The van der Waals surface area contributed by atoms with Crippen molar-refractivity contribution in [1.82, 2.24) is 15.1 Å². The van der Waals surface area contributed by atoms with Gasteiger partial charge in [0.05, 0.1) is 17.2 Å². The number of aliphatic hydroxyl groups is 1. The molecular formula is C23H29N6O4S2+. The van der Waals surface area contributed by atoms with Crippen molar-refractivity contribution in [2.24, 2.45) is 10.7 Å².